The molecule has 0 fully saturated rings. The fourth-order valence-electron chi connectivity index (χ4n) is 3.53. The van der Waals surface area contributed by atoms with E-state index in [0.717, 1.165) is 11.1 Å². The third-order valence-electron chi connectivity index (χ3n) is 5.10. The Kier molecular flexibility index (Phi) is 8.14. The number of hydrogen-bond acceptors (Lipinski definition) is 3. The zero-order valence-electron chi connectivity index (χ0n) is 17.7. The largest absolute Gasteiger partial charge is 0.389 e. The molecule has 1 atom stereocenters. The molecule has 0 saturated carbocycles. The number of halogens is 1. The van der Waals surface area contributed by atoms with Crippen molar-refractivity contribution in [2.75, 3.05) is 13.2 Å². The third kappa shape index (κ3) is 7.06. The molecule has 0 saturated heterocycles. The molecule has 30 heavy (non-hydrogen) atoms. The first kappa shape index (κ1) is 22.2. The van der Waals surface area contributed by atoms with Gasteiger partial charge in [0, 0.05) is 19.6 Å². The summed E-state index contributed by atoms with van der Waals surface area (Å²) in [5.41, 5.74) is 5.78. The lowest BCUT2D eigenvalue weighted by Crippen LogP contribution is -2.34. The number of aryl methyl sites for hydroxylation is 2. The maximum atomic E-state index is 13.3. The second kappa shape index (κ2) is 11.0. The number of hydrogen-bond donors (Lipinski definition) is 1. The Morgan fingerprint density at radius 3 is 2.33 bits per heavy atom. The normalized spacial score (nSPS) is 12.3. The van der Waals surface area contributed by atoms with Crippen molar-refractivity contribution in [3.63, 3.8) is 0 Å². The number of benzene rings is 3. The Labute approximate surface area is 178 Å². The van der Waals surface area contributed by atoms with Crippen LogP contribution in [0.1, 0.15) is 27.8 Å². The summed E-state index contributed by atoms with van der Waals surface area (Å²) in [5, 5.41) is 10.6. The van der Waals surface area contributed by atoms with Crippen molar-refractivity contribution in [1.82, 2.24) is 4.90 Å². The van der Waals surface area contributed by atoms with Gasteiger partial charge in [-0.1, -0.05) is 66.2 Å². The van der Waals surface area contributed by atoms with Crippen molar-refractivity contribution < 1.29 is 14.2 Å². The van der Waals surface area contributed by atoms with E-state index >= 15 is 0 Å². The molecule has 4 heteroatoms. The topological polar surface area (TPSA) is 32.7 Å². The van der Waals surface area contributed by atoms with Gasteiger partial charge in [-0.3, -0.25) is 4.90 Å². The van der Waals surface area contributed by atoms with E-state index in [0.29, 0.717) is 26.2 Å². The smallest absolute Gasteiger partial charge is 0.123 e. The molecule has 0 spiro atoms. The van der Waals surface area contributed by atoms with Crippen LogP contribution in [0.2, 0.25) is 0 Å². The van der Waals surface area contributed by atoms with E-state index in [-0.39, 0.29) is 12.4 Å². The van der Waals surface area contributed by atoms with Crippen LogP contribution in [0.15, 0.2) is 72.8 Å². The molecule has 3 aromatic carbocycles. The first-order valence-corrected chi connectivity index (χ1v) is 10.3. The van der Waals surface area contributed by atoms with Gasteiger partial charge in [-0.15, -0.1) is 0 Å². The highest BCUT2D eigenvalue weighted by Gasteiger charge is 2.15. The lowest BCUT2D eigenvalue weighted by atomic mass is 10.0. The van der Waals surface area contributed by atoms with Gasteiger partial charge in [-0.2, -0.15) is 0 Å². The van der Waals surface area contributed by atoms with Crippen LogP contribution in [0.3, 0.4) is 0 Å². The standard InChI is InChI=1S/C26H30FNO2/c1-20-8-11-24(21(2)14-20)16-28(15-22-9-12-25(27)13-10-22)17-26(29)19-30-18-23-6-4-3-5-7-23/h3-14,26,29H,15-19H2,1-2H3/t26-/m0/s1. The molecule has 3 rings (SSSR count). The lowest BCUT2D eigenvalue weighted by molar-refractivity contribution is 0.00709. The first-order valence-electron chi connectivity index (χ1n) is 10.3. The maximum absolute atomic E-state index is 13.3. The average Bonchev–Trinajstić information content (AvgIpc) is 2.72. The van der Waals surface area contributed by atoms with E-state index in [4.69, 9.17) is 4.74 Å². The van der Waals surface area contributed by atoms with E-state index < -0.39 is 6.10 Å². The van der Waals surface area contributed by atoms with Crippen molar-refractivity contribution in [2.45, 2.75) is 39.6 Å². The van der Waals surface area contributed by atoms with Crippen LogP contribution in [0.5, 0.6) is 0 Å². The third-order valence-corrected chi connectivity index (χ3v) is 5.10. The van der Waals surface area contributed by atoms with Crippen LogP contribution in [-0.4, -0.2) is 29.3 Å². The van der Waals surface area contributed by atoms with Crippen molar-refractivity contribution in [2.24, 2.45) is 0 Å². The summed E-state index contributed by atoms with van der Waals surface area (Å²) in [4.78, 5) is 2.18. The summed E-state index contributed by atoms with van der Waals surface area (Å²) >= 11 is 0. The van der Waals surface area contributed by atoms with Gasteiger partial charge in [-0.05, 0) is 48.2 Å². The molecule has 1 N–H and O–H groups in total. The number of rotatable bonds is 10. The van der Waals surface area contributed by atoms with Crippen LogP contribution in [0.4, 0.5) is 4.39 Å². The molecular formula is C26H30FNO2. The fraction of sp³-hybridized carbons (Fsp3) is 0.308. The fourth-order valence-corrected chi connectivity index (χ4v) is 3.53. The zero-order valence-corrected chi connectivity index (χ0v) is 17.7. The van der Waals surface area contributed by atoms with E-state index in [9.17, 15) is 9.50 Å². The van der Waals surface area contributed by atoms with Gasteiger partial charge in [0.2, 0.25) is 0 Å². The van der Waals surface area contributed by atoms with E-state index in [1.165, 1.54) is 28.8 Å². The highest BCUT2D eigenvalue weighted by Crippen LogP contribution is 2.16. The quantitative estimate of drug-likeness (QED) is 0.512. The molecule has 0 heterocycles. The van der Waals surface area contributed by atoms with Crippen LogP contribution < -0.4 is 0 Å². The summed E-state index contributed by atoms with van der Waals surface area (Å²) in [6.45, 7) is 6.75. The van der Waals surface area contributed by atoms with Crippen molar-refractivity contribution >= 4 is 0 Å². The van der Waals surface area contributed by atoms with E-state index in [2.05, 4.69) is 36.9 Å². The van der Waals surface area contributed by atoms with Crippen LogP contribution in [-0.2, 0) is 24.4 Å². The first-order chi connectivity index (χ1) is 14.5. The number of nitrogens with zero attached hydrogens (tertiary/aromatic N) is 1. The monoisotopic (exact) mass is 407 g/mol. The molecule has 0 amide bonds. The van der Waals surface area contributed by atoms with Crippen LogP contribution >= 0.6 is 0 Å². The zero-order chi connectivity index (χ0) is 21.3. The van der Waals surface area contributed by atoms with E-state index in [1.807, 2.05) is 30.3 Å². The van der Waals surface area contributed by atoms with Gasteiger partial charge >= 0.3 is 0 Å². The van der Waals surface area contributed by atoms with Crippen molar-refractivity contribution in [3.8, 4) is 0 Å². The highest BCUT2D eigenvalue weighted by molar-refractivity contribution is 5.30. The van der Waals surface area contributed by atoms with Crippen molar-refractivity contribution in [1.29, 1.82) is 0 Å². The predicted octanol–water partition coefficient (Wildman–Crippen LogP) is 5.02. The number of ether oxygens (including phenoxy) is 1. The van der Waals surface area contributed by atoms with Crippen LogP contribution in [0.25, 0.3) is 0 Å². The molecular weight excluding hydrogens is 377 g/mol. The molecule has 0 aliphatic rings. The summed E-state index contributed by atoms with van der Waals surface area (Å²) in [6, 6.07) is 22.9. The second-order valence-electron chi connectivity index (χ2n) is 7.88. The summed E-state index contributed by atoms with van der Waals surface area (Å²) < 4.78 is 19.0. The number of aliphatic hydroxyl groups is 1. The molecule has 0 aromatic heterocycles. The maximum Gasteiger partial charge on any atom is 0.123 e. The molecule has 158 valence electrons. The predicted molar refractivity (Wildman–Crippen MR) is 119 cm³/mol. The SMILES string of the molecule is Cc1ccc(CN(Cc2ccc(F)cc2)C[C@H](O)COCc2ccccc2)c(C)c1. The summed E-state index contributed by atoms with van der Waals surface area (Å²) in [7, 11) is 0. The van der Waals surface area contributed by atoms with Gasteiger partial charge in [0.25, 0.3) is 0 Å². The highest BCUT2D eigenvalue weighted by atomic mass is 19.1. The molecule has 0 aliphatic carbocycles. The Hall–Kier alpha value is -2.53. The Bertz CT molecular complexity index is 912. The van der Waals surface area contributed by atoms with Gasteiger partial charge in [0.1, 0.15) is 5.82 Å². The minimum absolute atomic E-state index is 0.242. The lowest BCUT2D eigenvalue weighted by Gasteiger charge is -2.26. The van der Waals surface area contributed by atoms with Gasteiger partial charge in [-0.25, -0.2) is 4.39 Å². The Morgan fingerprint density at radius 2 is 1.63 bits per heavy atom. The van der Waals surface area contributed by atoms with Gasteiger partial charge in [0.05, 0.1) is 19.3 Å². The average molecular weight is 408 g/mol. The van der Waals surface area contributed by atoms with Crippen LogP contribution in [0, 0.1) is 19.7 Å². The van der Waals surface area contributed by atoms with Gasteiger partial charge in [0.15, 0.2) is 0 Å². The Balaban J connectivity index is 1.62. The second-order valence-corrected chi connectivity index (χ2v) is 7.88. The molecule has 3 nitrogen and oxygen atoms in total. The Morgan fingerprint density at radius 1 is 0.900 bits per heavy atom. The minimum Gasteiger partial charge on any atom is -0.389 e. The molecule has 0 unspecified atom stereocenters. The van der Waals surface area contributed by atoms with Crippen molar-refractivity contribution in [3.05, 3.63) is 106 Å². The summed E-state index contributed by atoms with van der Waals surface area (Å²) in [5.74, 6) is -0.242. The molecule has 0 radical (unpaired) electrons. The minimum atomic E-state index is -0.611. The van der Waals surface area contributed by atoms with Gasteiger partial charge < -0.3 is 9.84 Å². The molecule has 0 aliphatic heterocycles. The van der Waals surface area contributed by atoms with E-state index in [1.54, 1.807) is 12.1 Å². The molecule has 3 aromatic rings. The summed E-state index contributed by atoms with van der Waals surface area (Å²) in [6.07, 6.45) is -0.611. The number of aliphatic hydroxyl groups excluding tert-OH is 1. The molecule has 0 bridgehead atoms.